The van der Waals surface area contributed by atoms with Crippen LogP contribution in [0.25, 0.3) is 0 Å². The summed E-state index contributed by atoms with van der Waals surface area (Å²) in [6, 6.07) is 0. The van der Waals surface area contributed by atoms with Gasteiger partial charge in [0.15, 0.2) is 0 Å². The fourth-order valence-corrected chi connectivity index (χ4v) is 2.63. The van der Waals surface area contributed by atoms with Crippen molar-refractivity contribution < 1.29 is 4.79 Å². The Bertz CT molecular complexity index is 573. The van der Waals surface area contributed by atoms with Crippen LogP contribution < -0.4 is 10.5 Å². The average molecular weight is 292 g/mol. The van der Waals surface area contributed by atoms with Gasteiger partial charge in [-0.25, -0.2) is 0 Å². The maximum atomic E-state index is 12.4. The minimum atomic E-state index is -0.216. The Morgan fingerprint density at radius 2 is 2.05 bits per heavy atom. The summed E-state index contributed by atoms with van der Waals surface area (Å²) in [5.41, 5.74) is 0.0354. The molecule has 1 aromatic rings. The lowest BCUT2D eigenvalue weighted by molar-refractivity contribution is 0.0782. The maximum absolute atomic E-state index is 12.4. The van der Waals surface area contributed by atoms with Gasteiger partial charge in [0, 0.05) is 20.1 Å². The molecule has 0 saturated carbocycles. The SMILES string of the molecule is C=CCN1CN(C)C(=O)c2c1[nH]n(CCCCCC)c2=O. The molecule has 1 aliphatic heterocycles. The van der Waals surface area contributed by atoms with Gasteiger partial charge in [0.1, 0.15) is 11.4 Å². The monoisotopic (exact) mass is 292 g/mol. The summed E-state index contributed by atoms with van der Waals surface area (Å²) in [6.45, 7) is 7.57. The first-order chi connectivity index (χ1) is 10.1. The van der Waals surface area contributed by atoms with Crippen LogP contribution in [0.1, 0.15) is 43.0 Å². The molecular weight excluding hydrogens is 268 g/mol. The van der Waals surface area contributed by atoms with E-state index in [1.54, 1.807) is 22.7 Å². The normalized spacial score (nSPS) is 14.5. The van der Waals surface area contributed by atoms with Gasteiger partial charge in [-0.3, -0.25) is 19.4 Å². The molecule has 2 rings (SSSR count). The largest absolute Gasteiger partial charge is 0.335 e. The van der Waals surface area contributed by atoms with Crippen molar-refractivity contribution in [2.24, 2.45) is 0 Å². The summed E-state index contributed by atoms with van der Waals surface area (Å²) in [4.78, 5) is 28.1. The number of hydrogen-bond donors (Lipinski definition) is 1. The number of rotatable bonds is 7. The number of aryl methyl sites for hydroxylation is 1. The van der Waals surface area contributed by atoms with Gasteiger partial charge in [0.05, 0.1) is 6.67 Å². The number of nitrogens with zero attached hydrogens (tertiary/aromatic N) is 3. The van der Waals surface area contributed by atoms with E-state index in [-0.39, 0.29) is 17.0 Å². The van der Waals surface area contributed by atoms with E-state index in [4.69, 9.17) is 0 Å². The van der Waals surface area contributed by atoms with Crippen LogP contribution in [0.4, 0.5) is 5.82 Å². The zero-order valence-electron chi connectivity index (χ0n) is 12.9. The third-order valence-electron chi connectivity index (χ3n) is 3.78. The van der Waals surface area contributed by atoms with Gasteiger partial charge < -0.3 is 9.80 Å². The van der Waals surface area contributed by atoms with E-state index in [1.165, 1.54) is 6.42 Å². The van der Waals surface area contributed by atoms with Crippen LogP contribution in [0.5, 0.6) is 0 Å². The average Bonchev–Trinajstić information content (AvgIpc) is 2.79. The van der Waals surface area contributed by atoms with E-state index in [1.807, 2.05) is 4.90 Å². The Hall–Kier alpha value is -1.98. The number of anilines is 1. The second-order valence-corrected chi connectivity index (χ2v) is 5.51. The predicted octanol–water partition coefficient (Wildman–Crippen LogP) is 1.79. The molecule has 0 unspecified atom stereocenters. The van der Waals surface area contributed by atoms with Crippen molar-refractivity contribution in [2.45, 2.75) is 39.2 Å². The molecule has 0 aliphatic carbocycles. The van der Waals surface area contributed by atoms with Gasteiger partial charge in [-0.1, -0.05) is 32.3 Å². The highest BCUT2D eigenvalue weighted by Gasteiger charge is 2.32. The first-order valence-electron chi connectivity index (χ1n) is 7.54. The lowest BCUT2D eigenvalue weighted by atomic mass is 10.2. The van der Waals surface area contributed by atoms with Crippen LogP contribution in [0, 0.1) is 0 Å². The molecule has 116 valence electrons. The van der Waals surface area contributed by atoms with Crippen molar-refractivity contribution >= 4 is 11.7 Å². The number of H-pyrrole nitrogens is 1. The highest BCUT2D eigenvalue weighted by molar-refractivity contribution is 6.00. The maximum Gasteiger partial charge on any atom is 0.281 e. The predicted molar refractivity (Wildman–Crippen MR) is 83.7 cm³/mol. The number of aromatic nitrogens is 2. The topological polar surface area (TPSA) is 61.3 Å². The summed E-state index contributed by atoms with van der Waals surface area (Å²) < 4.78 is 1.56. The zero-order valence-corrected chi connectivity index (χ0v) is 12.9. The van der Waals surface area contributed by atoms with E-state index in [9.17, 15) is 9.59 Å². The van der Waals surface area contributed by atoms with E-state index >= 15 is 0 Å². The van der Waals surface area contributed by atoms with E-state index in [2.05, 4.69) is 18.6 Å². The standard InChI is InChI=1S/C15H24N4O2/c1-4-6-7-8-10-19-15(21)12-13(16-19)18(9-5-2)11-17(3)14(12)20/h5,16H,2,4,6-11H2,1,3H3. The molecule has 0 bridgehead atoms. The molecule has 1 N–H and O–H groups in total. The lowest BCUT2D eigenvalue weighted by Crippen LogP contribution is -2.46. The number of carbonyl (C=O) groups excluding carboxylic acids is 1. The summed E-state index contributed by atoms with van der Waals surface area (Å²) in [5, 5.41) is 3.10. The molecule has 1 aliphatic rings. The number of unbranched alkanes of at least 4 members (excludes halogenated alkanes) is 3. The van der Waals surface area contributed by atoms with Gasteiger partial charge >= 0.3 is 0 Å². The van der Waals surface area contributed by atoms with E-state index < -0.39 is 0 Å². The molecule has 0 atom stereocenters. The van der Waals surface area contributed by atoms with Crippen molar-refractivity contribution in [3.8, 4) is 0 Å². The molecule has 2 heterocycles. The van der Waals surface area contributed by atoms with Crippen molar-refractivity contribution in [2.75, 3.05) is 25.2 Å². The summed E-state index contributed by atoms with van der Waals surface area (Å²) in [7, 11) is 1.71. The van der Waals surface area contributed by atoms with Crippen molar-refractivity contribution in [1.82, 2.24) is 14.7 Å². The number of carbonyl (C=O) groups is 1. The van der Waals surface area contributed by atoms with Gasteiger partial charge in [-0.15, -0.1) is 6.58 Å². The Balaban J connectivity index is 2.25. The van der Waals surface area contributed by atoms with Crippen LogP contribution in [0.3, 0.4) is 0 Å². The third-order valence-corrected chi connectivity index (χ3v) is 3.78. The van der Waals surface area contributed by atoms with Crippen LogP contribution in [-0.4, -0.2) is 40.8 Å². The van der Waals surface area contributed by atoms with Crippen molar-refractivity contribution in [1.29, 1.82) is 0 Å². The Morgan fingerprint density at radius 1 is 1.29 bits per heavy atom. The zero-order chi connectivity index (χ0) is 15.4. The Labute approximate surface area is 125 Å². The number of aromatic amines is 1. The van der Waals surface area contributed by atoms with Crippen LogP contribution in [0.15, 0.2) is 17.4 Å². The fraction of sp³-hybridized carbons (Fsp3) is 0.600. The van der Waals surface area contributed by atoms with E-state index in [0.29, 0.717) is 25.6 Å². The lowest BCUT2D eigenvalue weighted by Gasteiger charge is -2.32. The van der Waals surface area contributed by atoms with Gasteiger partial charge in [0.2, 0.25) is 0 Å². The molecular formula is C15H24N4O2. The molecule has 0 spiro atoms. The van der Waals surface area contributed by atoms with Crippen LogP contribution >= 0.6 is 0 Å². The summed E-state index contributed by atoms with van der Waals surface area (Å²) in [6.07, 6.45) is 6.13. The molecule has 6 heteroatoms. The van der Waals surface area contributed by atoms with Crippen LogP contribution in [0.2, 0.25) is 0 Å². The van der Waals surface area contributed by atoms with Gasteiger partial charge in [-0.05, 0) is 6.42 Å². The fourth-order valence-electron chi connectivity index (χ4n) is 2.63. The smallest absolute Gasteiger partial charge is 0.281 e. The molecule has 0 radical (unpaired) electrons. The quantitative estimate of drug-likeness (QED) is 0.615. The number of nitrogens with one attached hydrogen (secondary N) is 1. The second-order valence-electron chi connectivity index (χ2n) is 5.51. The Kier molecular flexibility index (Phi) is 4.88. The number of hydrogen-bond acceptors (Lipinski definition) is 3. The molecule has 0 fully saturated rings. The summed E-state index contributed by atoms with van der Waals surface area (Å²) in [5.74, 6) is 0.414. The Morgan fingerprint density at radius 3 is 2.71 bits per heavy atom. The molecule has 1 amide bonds. The number of amides is 1. The third kappa shape index (κ3) is 3.04. The minimum Gasteiger partial charge on any atom is -0.335 e. The highest BCUT2D eigenvalue weighted by atomic mass is 16.2. The first kappa shape index (κ1) is 15.4. The van der Waals surface area contributed by atoms with Gasteiger partial charge in [-0.2, -0.15) is 0 Å². The molecule has 0 saturated heterocycles. The molecule has 21 heavy (non-hydrogen) atoms. The molecule has 1 aromatic heterocycles. The summed E-state index contributed by atoms with van der Waals surface area (Å²) >= 11 is 0. The van der Waals surface area contributed by atoms with Crippen molar-refractivity contribution in [3.63, 3.8) is 0 Å². The second kappa shape index (κ2) is 6.65. The van der Waals surface area contributed by atoms with Crippen molar-refractivity contribution in [3.05, 3.63) is 28.6 Å². The highest BCUT2D eigenvalue weighted by Crippen LogP contribution is 2.21. The first-order valence-corrected chi connectivity index (χ1v) is 7.54. The molecule has 0 aromatic carbocycles. The number of fused-ring (bicyclic) bond motifs is 1. The molecule has 6 nitrogen and oxygen atoms in total. The van der Waals surface area contributed by atoms with Crippen LogP contribution in [-0.2, 0) is 6.54 Å². The minimum absolute atomic E-state index is 0.209. The van der Waals surface area contributed by atoms with Gasteiger partial charge in [0.25, 0.3) is 11.5 Å². The van der Waals surface area contributed by atoms with E-state index in [0.717, 1.165) is 19.3 Å².